The van der Waals surface area contributed by atoms with Crippen molar-refractivity contribution in [3.8, 4) is 11.5 Å². The number of hydrogen-bond donors (Lipinski definition) is 2. The number of ether oxygens (including phenoxy) is 1. The Morgan fingerprint density at radius 1 is 0.903 bits per heavy atom. The molecule has 0 unspecified atom stereocenters. The van der Waals surface area contributed by atoms with Gasteiger partial charge in [0.05, 0.1) is 5.69 Å². The van der Waals surface area contributed by atoms with E-state index in [1.807, 2.05) is 30.3 Å². The number of amides is 4. The third kappa shape index (κ3) is 4.45. The Hall–Kier alpha value is -4.39. The van der Waals surface area contributed by atoms with E-state index in [9.17, 15) is 19.5 Å². The molecular weight excluding hydrogens is 396 g/mol. The predicted molar refractivity (Wildman–Crippen MR) is 114 cm³/mol. The number of phenols is 1. The lowest BCUT2D eigenvalue weighted by Crippen LogP contribution is -2.54. The van der Waals surface area contributed by atoms with Crippen LogP contribution in [0.1, 0.15) is 11.1 Å². The number of carbonyl (C=O) groups is 3. The van der Waals surface area contributed by atoms with Crippen LogP contribution in [0.25, 0.3) is 6.08 Å². The Morgan fingerprint density at radius 3 is 2.35 bits per heavy atom. The molecule has 2 N–H and O–H groups in total. The van der Waals surface area contributed by atoms with Crippen LogP contribution in [0.4, 0.5) is 10.5 Å². The fraction of sp³-hybridized carbons (Fsp3) is 0.0417. The van der Waals surface area contributed by atoms with Crippen molar-refractivity contribution < 1.29 is 24.2 Å². The molecule has 31 heavy (non-hydrogen) atoms. The number of phenolic OH excluding ortho intramolecular Hbond substituents is 1. The molecule has 0 spiro atoms. The molecule has 0 atom stereocenters. The van der Waals surface area contributed by atoms with Gasteiger partial charge in [-0.3, -0.25) is 14.9 Å². The molecular formula is C24H18N2O5. The molecule has 1 aliphatic heterocycles. The first-order valence-corrected chi connectivity index (χ1v) is 9.48. The van der Waals surface area contributed by atoms with Crippen LogP contribution in [0.5, 0.6) is 11.5 Å². The van der Waals surface area contributed by atoms with Crippen molar-refractivity contribution >= 4 is 29.6 Å². The maximum atomic E-state index is 12.9. The molecule has 0 saturated carbocycles. The molecule has 7 nitrogen and oxygen atoms in total. The molecule has 1 aliphatic rings. The molecule has 0 bridgehead atoms. The van der Waals surface area contributed by atoms with Crippen molar-refractivity contribution in [2.24, 2.45) is 0 Å². The molecule has 1 fully saturated rings. The lowest BCUT2D eigenvalue weighted by molar-refractivity contribution is -0.122. The number of aromatic hydroxyl groups is 1. The minimum absolute atomic E-state index is 0.00274. The Balaban J connectivity index is 1.54. The maximum absolute atomic E-state index is 12.9. The van der Waals surface area contributed by atoms with E-state index in [2.05, 4.69) is 5.32 Å². The number of imide groups is 2. The van der Waals surface area contributed by atoms with Crippen molar-refractivity contribution in [2.75, 3.05) is 4.90 Å². The zero-order valence-corrected chi connectivity index (χ0v) is 16.3. The average Bonchev–Trinajstić information content (AvgIpc) is 2.77. The van der Waals surface area contributed by atoms with Gasteiger partial charge in [0.2, 0.25) is 0 Å². The summed E-state index contributed by atoms with van der Waals surface area (Å²) in [5.41, 5.74) is 1.55. The molecule has 3 aromatic rings. The highest BCUT2D eigenvalue weighted by atomic mass is 16.5. The predicted octanol–water partition coefficient (Wildman–Crippen LogP) is 3.64. The van der Waals surface area contributed by atoms with E-state index in [0.29, 0.717) is 23.6 Å². The average molecular weight is 414 g/mol. The first kappa shape index (κ1) is 19.9. The molecule has 0 aliphatic carbocycles. The van der Waals surface area contributed by atoms with Crippen LogP contribution in [-0.2, 0) is 16.2 Å². The Morgan fingerprint density at radius 2 is 1.65 bits per heavy atom. The smallest absolute Gasteiger partial charge is 0.335 e. The number of anilines is 1. The van der Waals surface area contributed by atoms with Crippen LogP contribution in [0.2, 0.25) is 0 Å². The van der Waals surface area contributed by atoms with E-state index in [1.165, 1.54) is 18.2 Å². The number of nitrogens with one attached hydrogen (secondary N) is 1. The Labute approximate surface area is 178 Å². The fourth-order valence-electron chi connectivity index (χ4n) is 3.11. The standard InChI is InChI=1S/C24H18N2O5/c27-19-8-4-7-17(13-19)14-21-22(28)25-24(30)26(23(21)29)18-9-11-20(12-10-18)31-15-16-5-2-1-3-6-16/h1-14,27H,15H2,(H,25,28,30)/b21-14-. The Bertz CT molecular complexity index is 1170. The van der Waals surface area contributed by atoms with Crippen molar-refractivity contribution in [3.63, 3.8) is 0 Å². The third-order valence-electron chi connectivity index (χ3n) is 4.63. The van der Waals surface area contributed by atoms with Gasteiger partial charge in [-0.2, -0.15) is 0 Å². The van der Waals surface area contributed by atoms with Crippen molar-refractivity contribution in [3.05, 3.63) is 95.6 Å². The van der Waals surface area contributed by atoms with Crippen LogP contribution in [0, 0.1) is 0 Å². The summed E-state index contributed by atoms with van der Waals surface area (Å²) in [6.07, 6.45) is 1.33. The number of hydrogen-bond acceptors (Lipinski definition) is 5. The molecule has 4 rings (SSSR count). The highest BCUT2D eigenvalue weighted by Crippen LogP contribution is 2.25. The first-order valence-electron chi connectivity index (χ1n) is 9.48. The number of rotatable bonds is 5. The van der Waals surface area contributed by atoms with Gasteiger partial charge in [-0.1, -0.05) is 42.5 Å². The summed E-state index contributed by atoms with van der Waals surface area (Å²) in [4.78, 5) is 38.4. The molecule has 4 amide bonds. The van der Waals surface area contributed by atoms with Gasteiger partial charge in [0, 0.05) is 0 Å². The van der Waals surface area contributed by atoms with Gasteiger partial charge in [0.25, 0.3) is 11.8 Å². The molecule has 3 aromatic carbocycles. The third-order valence-corrected chi connectivity index (χ3v) is 4.63. The van der Waals surface area contributed by atoms with Gasteiger partial charge in [-0.05, 0) is 53.6 Å². The summed E-state index contributed by atoms with van der Waals surface area (Å²) >= 11 is 0. The highest BCUT2D eigenvalue weighted by molar-refractivity contribution is 6.39. The van der Waals surface area contributed by atoms with E-state index in [0.717, 1.165) is 10.5 Å². The second-order valence-electron chi connectivity index (χ2n) is 6.82. The van der Waals surface area contributed by atoms with Gasteiger partial charge >= 0.3 is 6.03 Å². The van der Waals surface area contributed by atoms with Gasteiger partial charge < -0.3 is 9.84 Å². The number of carbonyl (C=O) groups excluding carboxylic acids is 3. The monoisotopic (exact) mass is 414 g/mol. The van der Waals surface area contributed by atoms with E-state index < -0.39 is 17.8 Å². The Kier molecular flexibility index (Phi) is 5.49. The van der Waals surface area contributed by atoms with E-state index in [1.54, 1.807) is 36.4 Å². The van der Waals surface area contributed by atoms with Crippen molar-refractivity contribution in [2.45, 2.75) is 6.61 Å². The molecule has 7 heteroatoms. The lowest BCUT2D eigenvalue weighted by atomic mass is 10.1. The summed E-state index contributed by atoms with van der Waals surface area (Å²) < 4.78 is 5.72. The van der Waals surface area contributed by atoms with Gasteiger partial charge in [-0.15, -0.1) is 0 Å². The molecule has 154 valence electrons. The van der Waals surface area contributed by atoms with E-state index >= 15 is 0 Å². The maximum Gasteiger partial charge on any atom is 0.335 e. The molecule has 1 saturated heterocycles. The quantitative estimate of drug-likeness (QED) is 0.491. The summed E-state index contributed by atoms with van der Waals surface area (Å²) in [7, 11) is 0. The summed E-state index contributed by atoms with van der Waals surface area (Å²) in [5, 5.41) is 11.8. The van der Waals surface area contributed by atoms with E-state index in [-0.39, 0.29) is 11.3 Å². The molecule has 1 heterocycles. The van der Waals surface area contributed by atoms with Crippen LogP contribution < -0.4 is 15.0 Å². The van der Waals surface area contributed by atoms with Crippen LogP contribution >= 0.6 is 0 Å². The molecule has 0 aromatic heterocycles. The topological polar surface area (TPSA) is 95.9 Å². The van der Waals surface area contributed by atoms with Crippen molar-refractivity contribution in [1.29, 1.82) is 0 Å². The normalized spacial score (nSPS) is 15.2. The first-order chi connectivity index (χ1) is 15.0. The van der Waals surface area contributed by atoms with Gasteiger partial charge in [0.1, 0.15) is 23.7 Å². The zero-order valence-electron chi connectivity index (χ0n) is 16.3. The summed E-state index contributed by atoms with van der Waals surface area (Å²) in [6.45, 7) is 0.384. The van der Waals surface area contributed by atoms with E-state index in [4.69, 9.17) is 4.74 Å². The second-order valence-corrected chi connectivity index (χ2v) is 6.82. The minimum atomic E-state index is -0.832. The van der Waals surface area contributed by atoms with Gasteiger partial charge in [-0.25, -0.2) is 9.69 Å². The summed E-state index contributed by atoms with van der Waals surface area (Å²) in [5.74, 6) is -0.978. The fourth-order valence-corrected chi connectivity index (χ4v) is 3.11. The van der Waals surface area contributed by atoms with Crippen LogP contribution in [-0.4, -0.2) is 23.0 Å². The SMILES string of the molecule is O=C1NC(=O)N(c2ccc(OCc3ccccc3)cc2)C(=O)/C1=C\c1cccc(O)c1. The largest absolute Gasteiger partial charge is 0.508 e. The summed E-state index contributed by atoms with van der Waals surface area (Å²) in [6, 6.07) is 21.4. The van der Waals surface area contributed by atoms with Crippen LogP contribution in [0.3, 0.4) is 0 Å². The van der Waals surface area contributed by atoms with Gasteiger partial charge in [0.15, 0.2) is 0 Å². The zero-order chi connectivity index (χ0) is 21.8. The minimum Gasteiger partial charge on any atom is -0.508 e. The number of nitrogens with zero attached hydrogens (tertiary/aromatic N) is 1. The lowest BCUT2D eigenvalue weighted by Gasteiger charge is -2.26. The molecule has 0 radical (unpaired) electrons. The van der Waals surface area contributed by atoms with Crippen molar-refractivity contribution in [1.82, 2.24) is 5.32 Å². The second kappa shape index (κ2) is 8.54. The van der Waals surface area contributed by atoms with Crippen LogP contribution in [0.15, 0.2) is 84.4 Å². The number of benzene rings is 3. The number of barbiturate groups is 1. The highest BCUT2D eigenvalue weighted by Gasteiger charge is 2.36. The number of urea groups is 1.